The molecular formula is C19H16F2N2O. The van der Waals surface area contributed by atoms with Crippen LogP contribution < -0.4 is 5.56 Å². The number of nitrogens with zero attached hydrogens (tertiary/aromatic N) is 2. The van der Waals surface area contributed by atoms with Crippen molar-refractivity contribution in [2.24, 2.45) is 0 Å². The summed E-state index contributed by atoms with van der Waals surface area (Å²) in [7, 11) is 0. The summed E-state index contributed by atoms with van der Waals surface area (Å²) in [6, 6.07) is 11.5. The van der Waals surface area contributed by atoms with Gasteiger partial charge in [-0.2, -0.15) is 0 Å². The van der Waals surface area contributed by atoms with Gasteiger partial charge in [0.05, 0.1) is 5.69 Å². The van der Waals surface area contributed by atoms with Gasteiger partial charge in [-0.3, -0.25) is 4.79 Å². The quantitative estimate of drug-likeness (QED) is 0.713. The van der Waals surface area contributed by atoms with Crippen molar-refractivity contribution in [3.63, 3.8) is 0 Å². The maximum Gasteiger partial charge on any atom is 0.277 e. The molecule has 0 aliphatic carbocycles. The summed E-state index contributed by atoms with van der Waals surface area (Å²) >= 11 is 0. The lowest BCUT2D eigenvalue weighted by Crippen LogP contribution is -2.24. The van der Waals surface area contributed by atoms with E-state index < -0.39 is 0 Å². The fourth-order valence-electron chi connectivity index (χ4n) is 2.45. The van der Waals surface area contributed by atoms with E-state index in [0.717, 1.165) is 0 Å². The highest BCUT2D eigenvalue weighted by atomic mass is 19.1. The molecule has 1 aromatic heterocycles. The third-order valence-electron chi connectivity index (χ3n) is 3.74. The van der Waals surface area contributed by atoms with Gasteiger partial charge >= 0.3 is 0 Å². The molecule has 0 bridgehead atoms. The molecule has 0 aliphatic rings. The van der Waals surface area contributed by atoms with Gasteiger partial charge in [-0.25, -0.2) is 13.8 Å². The first-order chi connectivity index (χ1) is 11.5. The van der Waals surface area contributed by atoms with Crippen LogP contribution in [0.4, 0.5) is 8.78 Å². The third-order valence-corrected chi connectivity index (χ3v) is 3.74. The van der Waals surface area contributed by atoms with Crippen molar-refractivity contribution in [1.82, 2.24) is 9.55 Å². The molecule has 0 aliphatic heterocycles. The van der Waals surface area contributed by atoms with Crippen molar-refractivity contribution in [2.45, 2.75) is 19.9 Å². The first kappa shape index (κ1) is 16.1. The van der Waals surface area contributed by atoms with E-state index in [1.807, 2.05) is 13.8 Å². The van der Waals surface area contributed by atoms with Crippen LogP contribution in [-0.4, -0.2) is 9.55 Å². The van der Waals surface area contributed by atoms with E-state index in [4.69, 9.17) is 0 Å². The Labute approximate surface area is 138 Å². The topological polar surface area (TPSA) is 34.9 Å². The van der Waals surface area contributed by atoms with E-state index >= 15 is 0 Å². The molecule has 1 heterocycles. The Balaban J connectivity index is 2.23. The Kier molecular flexibility index (Phi) is 4.25. The minimum Gasteiger partial charge on any atom is -0.309 e. The lowest BCUT2D eigenvalue weighted by atomic mass is 10.1. The van der Waals surface area contributed by atoms with Crippen molar-refractivity contribution in [2.75, 3.05) is 0 Å². The zero-order valence-electron chi connectivity index (χ0n) is 13.3. The van der Waals surface area contributed by atoms with E-state index in [1.165, 1.54) is 36.4 Å². The van der Waals surface area contributed by atoms with Crippen LogP contribution in [0.25, 0.3) is 22.5 Å². The van der Waals surface area contributed by atoms with E-state index in [9.17, 15) is 13.6 Å². The molecule has 0 spiro atoms. The van der Waals surface area contributed by atoms with Gasteiger partial charge in [-0.1, -0.05) is 0 Å². The fraction of sp³-hybridized carbons (Fsp3) is 0.158. The molecule has 3 rings (SSSR count). The highest BCUT2D eigenvalue weighted by Gasteiger charge is 2.14. The molecule has 3 nitrogen and oxygen atoms in total. The minimum absolute atomic E-state index is 0.0705. The van der Waals surface area contributed by atoms with Gasteiger partial charge in [0.25, 0.3) is 5.56 Å². The summed E-state index contributed by atoms with van der Waals surface area (Å²) in [5, 5.41) is 0. The number of aromatic nitrogens is 2. The SMILES string of the molecule is CC(C)n1cc(-c2ccc(F)cc2)nc(-c2ccc(F)cc2)c1=O. The molecular weight excluding hydrogens is 310 g/mol. The van der Waals surface area contributed by atoms with Crippen molar-refractivity contribution in [1.29, 1.82) is 0 Å². The van der Waals surface area contributed by atoms with Crippen molar-refractivity contribution in [3.8, 4) is 22.5 Å². The van der Waals surface area contributed by atoms with Crippen LogP contribution in [0.3, 0.4) is 0 Å². The second-order valence-corrected chi connectivity index (χ2v) is 5.79. The van der Waals surface area contributed by atoms with E-state index in [2.05, 4.69) is 4.98 Å². The Morgan fingerprint density at radius 1 is 0.875 bits per heavy atom. The molecule has 0 saturated heterocycles. The summed E-state index contributed by atoms with van der Waals surface area (Å²) < 4.78 is 27.9. The molecule has 0 unspecified atom stereocenters. The molecule has 5 heteroatoms. The summed E-state index contributed by atoms with van der Waals surface area (Å²) in [4.78, 5) is 17.1. The summed E-state index contributed by atoms with van der Waals surface area (Å²) in [5.41, 5.74) is 1.80. The molecule has 0 fully saturated rings. The number of hydrogen-bond acceptors (Lipinski definition) is 2. The maximum atomic E-state index is 13.2. The molecule has 2 aromatic carbocycles. The van der Waals surface area contributed by atoms with Gasteiger partial charge in [0, 0.05) is 23.4 Å². The largest absolute Gasteiger partial charge is 0.309 e. The number of halogens is 2. The Morgan fingerprint density at radius 3 is 1.88 bits per heavy atom. The number of benzene rings is 2. The van der Waals surface area contributed by atoms with Gasteiger partial charge in [-0.05, 0) is 62.4 Å². The van der Waals surface area contributed by atoms with Crippen LogP contribution in [0, 0.1) is 11.6 Å². The summed E-state index contributed by atoms with van der Waals surface area (Å²) in [5.74, 6) is -0.715. The molecule has 0 N–H and O–H groups in total. The zero-order valence-corrected chi connectivity index (χ0v) is 13.3. The Morgan fingerprint density at radius 2 is 1.38 bits per heavy atom. The Bertz CT molecular complexity index is 914. The second kappa shape index (κ2) is 6.35. The van der Waals surface area contributed by atoms with E-state index in [1.54, 1.807) is 22.9 Å². The van der Waals surface area contributed by atoms with Gasteiger partial charge in [0.1, 0.15) is 17.3 Å². The first-order valence-corrected chi connectivity index (χ1v) is 7.61. The zero-order chi connectivity index (χ0) is 17.3. The van der Waals surface area contributed by atoms with Crippen LogP contribution in [0.2, 0.25) is 0 Å². The summed E-state index contributed by atoms with van der Waals surface area (Å²) in [6.07, 6.45) is 1.66. The highest BCUT2D eigenvalue weighted by molar-refractivity contribution is 5.64. The summed E-state index contributed by atoms with van der Waals surface area (Å²) in [6.45, 7) is 3.79. The molecule has 0 atom stereocenters. The van der Waals surface area contributed by atoms with Crippen molar-refractivity contribution in [3.05, 3.63) is 76.7 Å². The lowest BCUT2D eigenvalue weighted by molar-refractivity contribution is 0.576. The van der Waals surface area contributed by atoms with E-state index in [0.29, 0.717) is 16.8 Å². The normalized spacial score (nSPS) is 11.0. The Hall–Kier alpha value is -2.82. The highest BCUT2D eigenvalue weighted by Crippen LogP contribution is 2.22. The molecule has 0 radical (unpaired) electrons. The standard InChI is InChI=1S/C19H16F2N2O/c1-12(2)23-11-17(13-3-7-15(20)8-4-13)22-18(19(23)24)14-5-9-16(21)10-6-14/h3-12H,1-2H3. The molecule has 0 saturated carbocycles. The average molecular weight is 326 g/mol. The maximum absolute atomic E-state index is 13.2. The monoisotopic (exact) mass is 326 g/mol. The van der Waals surface area contributed by atoms with Gasteiger partial charge in [-0.15, -0.1) is 0 Å². The van der Waals surface area contributed by atoms with Crippen LogP contribution in [-0.2, 0) is 0 Å². The van der Waals surface area contributed by atoms with Crippen LogP contribution >= 0.6 is 0 Å². The average Bonchev–Trinajstić information content (AvgIpc) is 2.56. The lowest BCUT2D eigenvalue weighted by Gasteiger charge is -2.14. The van der Waals surface area contributed by atoms with E-state index in [-0.39, 0.29) is 28.9 Å². The fourth-order valence-corrected chi connectivity index (χ4v) is 2.45. The van der Waals surface area contributed by atoms with Gasteiger partial charge < -0.3 is 4.57 Å². The molecule has 0 amide bonds. The number of rotatable bonds is 3. The van der Waals surface area contributed by atoms with Crippen LogP contribution in [0.1, 0.15) is 19.9 Å². The first-order valence-electron chi connectivity index (χ1n) is 7.61. The van der Waals surface area contributed by atoms with Crippen molar-refractivity contribution >= 4 is 0 Å². The van der Waals surface area contributed by atoms with Crippen LogP contribution in [0.15, 0.2) is 59.5 Å². The van der Waals surface area contributed by atoms with Gasteiger partial charge in [0.15, 0.2) is 0 Å². The van der Waals surface area contributed by atoms with Crippen LogP contribution in [0.5, 0.6) is 0 Å². The predicted octanol–water partition coefficient (Wildman–Crippen LogP) is 4.44. The number of hydrogen-bond donors (Lipinski definition) is 0. The van der Waals surface area contributed by atoms with Gasteiger partial charge in [0.2, 0.25) is 0 Å². The second-order valence-electron chi connectivity index (χ2n) is 5.79. The molecule has 122 valence electrons. The molecule has 24 heavy (non-hydrogen) atoms. The third kappa shape index (κ3) is 3.11. The molecule has 3 aromatic rings. The van der Waals surface area contributed by atoms with Crippen molar-refractivity contribution < 1.29 is 8.78 Å². The smallest absolute Gasteiger partial charge is 0.277 e. The predicted molar refractivity (Wildman–Crippen MR) is 89.7 cm³/mol. The minimum atomic E-state index is -0.377.